The summed E-state index contributed by atoms with van der Waals surface area (Å²) in [5.41, 5.74) is 0.879. The van der Waals surface area contributed by atoms with Crippen LogP contribution in [0.15, 0.2) is 12.1 Å². The summed E-state index contributed by atoms with van der Waals surface area (Å²) in [7, 11) is 8.36. The van der Waals surface area contributed by atoms with Crippen molar-refractivity contribution < 1.29 is 14.3 Å². The third-order valence-corrected chi connectivity index (χ3v) is 4.09. The zero-order valence-corrected chi connectivity index (χ0v) is 14.0. The van der Waals surface area contributed by atoms with Crippen molar-refractivity contribution >= 4 is 21.6 Å². The van der Waals surface area contributed by atoms with E-state index >= 15 is 0 Å². The summed E-state index contributed by atoms with van der Waals surface area (Å²) in [5, 5.41) is 14.1. The number of quaternary nitrogens is 1. The van der Waals surface area contributed by atoms with E-state index in [1.165, 1.54) is 0 Å². The molecule has 1 heterocycles. The maximum atomic E-state index is 10.0. The quantitative estimate of drug-likeness (QED) is 0.608. The van der Waals surface area contributed by atoms with Crippen molar-refractivity contribution in [2.24, 2.45) is 0 Å². The Balaban J connectivity index is 2.04. The van der Waals surface area contributed by atoms with Crippen molar-refractivity contribution in [2.45, 2.75) is 13.0 Å². The summed E-state index contributed by atoms with van der Waals surface area (Å²) in [5.74, 6) is 0.706. The molecular formula is C15H24N3O2S+. The van der Waals surface area contributed by atoms with Gasteiger partial charge in [0.1, 0.15) is 5.01 Å². The fourth-order valence-corrected chi connectivity index (χ4v) is 3.05. The number of benzene rings is 1. The molecular weight excluding hydrogens is 286 g/mol. The topological polar surface area (TPSA) is 54.4 Å². The summed E-state index contributed by atoms with van der Waals surface area (Å²) in [6, 6.07) is 3.56. The van der Waals surface area contributed by atoms with Crippen LogP contribution >= 0.6 is 11.3 Å². The Hall–Kier alpha value is -1.37. The van der Waals surface area contributed by atoms with E-state index in [9.17, 15) is 5.11 Å². The Morgan fingerprint density at radius 2 is 2.10 bits per heavy atom. The van der Waals surface area contributed by atoms with Gasteiger partial charge in [0, 0.05) is 25.1 Å². The van der Waals surface area contributed by atoms with Crippen LogP contribution in [-0.2, 0) is 6.54 Å². The van der Waals surface area contributed by atoms with Gasteiger partial charge in [-0.15, -0.1) is 11.3 Å². The molecule has 0 radical (unpaired) electrons. The van der Waals surface area contributed by atoms with Gasteiger partial charge in [0.2, 0.25) is 0 Å². The number of aromatic nitrogens is 1. The van der Waals surface area contributed by atoms with Crippen LogP contribution in [0.2, 0.25) is 0 Å². The van der Waals surface area contributed by atoms with Crippen molar-refractivity contribution in [1.29, 1.82) is 0 Å². The van der Waals surface area contributed by atoms with Gasteiger partial charge < -0.3 is 19.6 Å². The molecule has 0 saturated carbocycles. The molecule has 0 bridgehead atoms. The molecule has 2 aromatic rings. The first-order valence-corrected chi connectivity index (χ1v) is 7.91. The molecule has 6 heteroatoms. The van der Waals surface area contributed by atoms with Gasteiger partial charge in [-0.2, -0.15) is 0 Å². The lowest BCUT2D eigenvalue weighted by Gasteiger charge is -2.23. The van der Waals surface area contributed by atoms with Gasteiger partial charge in [-0.05, 0) is 7.05 Å². The van der Waals surface area contributed by atoms with Crippen LogP contribution in [0.25, 0.3) is 10.2 Å². The predicted octanol–water partition coefficient (Wildman–Crippen LogP) is 2.20. The number of phenolic OH excluding ortho intramolecular Hbond substituents is 1. The van der Waals surface area contributed by atoms with E-state index in [0.29, 0.717) is 12.4 Å². The van der Waals surface area contributed by atoms with Gasteiger partial charge >= 0.3 is 0 Å². The second-order valence-corrected chi connectivity index (χ2v) is 7.26. The Kier molecular flexibility index (Phi) is 5.03. The van der Waals surface area contributed by atoms with Crippen molar-refractivity contribution in [3.63, 3.8) is 0 Å². The highest BCUT2D eigenvalue weighted by Gasteiger charge is 2.11. The molecule has 0 aliphatic heterocycles. The number of fused-ring (bicyclic) bond motifs is 1. The number of hydrogen-bond acceptors (Lipinski definition) is 5. The Bertz CT molecular complexity index is 605. The minimum Gasteiger partial charge on any atom is -0.504 e. The summed E-state index contributed by atoms with van der Waals surface area (Å²) < 4.78 is 7.59. The largest absolute Gasteiger partial charge is 0.504 e. The summed E-state index contributed by atoms with van der Waals surface area (Å²) in [6.45, 7) is 2.37. The zero-order chi connectivity index (χ0) is 15.5. The van der Waals surface area contributed by atoms with Crippen LogP contribution in [0.1, 0.15) is 11.4 Å². The number of phenols is 1. The highest BCUT2D eigenvalue weighted by atomic mass is 32.1. The van der Waals surface area contributed by atoms with Gasteiger partial charge in [-0.25, -0.2) is 4.98 Å². The molecule has 0 saturated heterocycles. The van der Waals surface area contributed by atoms with Crippen molar-refractivity contribution in [2.75, 3.05) is 41.3 Å². The number of hydrogen-bond donors (Lipinski definition) is 2. The van der Waals surface area contributed by atoms with Crippen molar-refractivity contribution in [3.05, 3.63) is 17.1 Å². The molecule has 2 rings (SSSR count). The van der Waals surface area contributed by atoms with E-state index in [1.807, 2.05) is 13.1 Å². The average molecular weight is 310 g/mol. The summed E-state index contributed by atoms with van der Waals surface area (Å²) in [6.07, 6.45) is 0.947. The fraction of sp³-hybridized carbons (Fsp3) is 0.533. The number of ether oxygens (including phenoxy) is 1. The van der Waals surface area contributed by atoms with Crippen molar-refractivity contribution in [3.8, 4) is 11.5 Å². The highest BCUT2D eigenvalue weighted by molar-refractivity contribution is 7.18. The molecule has 0 spiro atoms. The van der Waals surface area contributed by atoms with E-state index < -0.39 is 0 Å². The molecule has 1 aromatic carbocycles. The summed E-state index contributed by atoms with van der Waals surface area (Å²) >= 11 is 1.58. The fourth-order valence-electron chi connectivity index (χ4n) is 2.06. The second-order valence-electron chi connectivity index (χ2n) is 6.14. The minimum absolute atomic E-state index is 0.187. The van der Waals surface area contributed by atoms with E-state index in [0.717, 1.165) is 39.2 Å². The van der Waals surface area contributed by atoms with E-state index in [1.54, 1.807) is 17.4 Å². The van der Waals surface area contributed by atoms with Gasteiger partial charge in [0.25, 0.3) is 0 Å². The molecule has 0 amide bonds. The SMILES string of the molecule is CNCc1nc2cc(OCCC[N+](C)(C)C)c(O)cc2s1. The maximum Gasteiger partial charge on any atom is 0.163 e. The molecule has 0 atom stereocenters. The molecule has 5 nitrogen and oxygen atoms in total. The number of thiazole rings is 1. The molecule has 0 fully saturated rings. The molecule has 116 valence electrons. The van der Waals surface area contributed by atoms with Crippen LogP contribution in [-0.4, -0.2) is 55.9 Å². The van der Waals surface area contributed by atoms with Gasteiger partial charge in [-0.1, -0.05) is 0 Å². The van der Waals surface area contributed by atoms with Crippen LogP contribution in [0, 0.1) is 0 Å². The lowest BCUT2D eigenvalue weighted by Crippen LogP contribution is -2.35. The molecule has 0 aliphatic carbocycles. The van der Waals surface area contributed by atoms with Gasteiger partial charge in [0.15, 0.2) is 11.5 Å². The first-order valence-electron chi connectivity index (χ1n) is 7.09. The monoisotopic (exact) mass is 310 g/mol. The lowest BCUT2D eigenvalue weighted by atomic mass is 10.3. The Morgan fingerprint density at radius 1 is 1.33 bits per heavy atom. The normalized spacial score (nSPS) is 12.0. The molecule has 0 aliphatic rings. The van der Waals surface area contributed by atoms with Crippen molar-refractivity contribution in [1.82, 2.24) is 10.3 Å². The van der Waals surface area contributed by atoms with E-state index in [-0.39, 0.29) is 5.75 Å². The third-order valence-electron chi connectivity index (χ3n) is 3.07. The highest BCUT2D eigenvalue weighted by Crippen LogP contribution is 2.34. The molecule has 2 N–H and O–H groups in total. The number of nitrogens with zero attached hydrogens (tertiary/aromatic N) is 2. The van der Waals surface area contributed by atoms with E-state index in [2.05, 4.69) is 31.4 Å². The van der Waals surface area contributed by atoms with Crippen LogP contribution in [0.4, 0.5) is 0 Å². The second kappa shape index (κ2) is 6.60. The van der Waals surface area contributed by atoms with Crippen LogP contribution in [0.3, 0.4) is 0 Å². The van der Waals surface area contributed by atoms with Crippen LogP contribution in [0.5, 0.6) is 11.5 Å². The average Bonchev–Trinajstić information content (AvgIpc) is 2.75. The maximum absolute atomic E-state index is 10.0. The molecule has 0 unspecified atom stereocenters. The molecule has 21 heavy (non-hydrogen) atoms. The smallest absolute Gasteiger partial charge is 0.163 e. The van der Waals surface area contributed by atoms with Gasteiger partial charge in [0.05, 0.1) is 44.5 Å². The standard InChI is InChI=1S/C15H23N3O2S/c1-16-10-15-17-11-8-13(12(19)9-14(11)21-15)20-7-5-6-18(2,3)4/h8-9,16H,5-7,10H2,1-4H3/p+1. The summed E-state index contributed by atoms with van der Waals surface area (Å²) in [4.78, 5) is 4.53. The third kappa shape index (κ3) is 4.56. The number of aromatic hydroxyl groups is 1. The minimum atomic E-state index is 0.187. The zero-order valence-electron chi connectivity index (χ0n) is 13.1. The van der Waals surface area contributed by atoms with Crippen LogP contribution < -0.4 is 10.1 Å². The van der Waals surface area contributed by atoms with Gasteiger partial charge in [-0.3, -0.25) is 0 Å². The first kappa shape index (κ1) is 16.0. The Labute approximate surface area is 129 Å². The predicted molar refractivity (Wildman–Crippen MR) is 87.1 cm³/mol. The Morgan fingerprint density at radius 3 is 2.76 bits per heavy atom. The molecule has 1 aromatic heterocycles. The lowest BCUT2D eigenvalue weighted by molar-refractivity contribution is -0.870. The number of nitrogens with one attached hydrogen (secondary N) is 1. The van der Waals surface area contributed by atoms with E-state index in [4.69, 9.17) is 4.74 Å². The number of rotatable bonds is 7. The first-order chi connectivity index (χ1) is 9.89.